The second-order valence-corrected chi connectivity index (χ2v) is 10.3. The molecule has 0 N–H and O–H groups in total. The predicted molar refractivity (Wildman–Crippen MR) is 112 cm³/mol. The van der Waals surface area contributed by atoms with Crippen molar-refractivity contribution >= 4 is 0 Å². The quantitative estimate of drug-likeness (QED) is 0.760. The standard InChI is InChI=1S/C22H44N4/c1-19(2)24-10-8-21(9-11-24)25-16-14-23(15-17-25)18-20-6-12-26(13-7-20)22(3,4)5/h19-21H,6-18H2,1-5H3. The fourth-order valence-electron chi connectivity index (χ4n) is 5.23. The highest BCUT2D eigenvalue weighted by Crippen LogP contribution is 2.25. The molecule has 0 aromatic heterocycles. The van der Waals surface area contributed by atoms with E-state index >= 15 is 0 Å². The zero-order valence-corrected chi connectivity index (χ0v) is 18.2. The lowest BCUT2D eigenvalue weighted by Crippen LogP contribution is -2.55. The van der Waals surface area contributed by atoms with E-state index in [-0.39, 0.29) is 0 Å². The summed E-state index contributed by atoms with van der Waals surface area (Å²) >= 11 is 0. The van der Waals surface area contributed by atoms with Gasteiger partial charge >= 0.3 is 0 Å². The molecular formula is C22H44N4. The summed E-state index contributed by atoms with van der Waals surface area (Å²) in [5.41, 5.74) is 0.349. The Hall–Kier alpha value is -0.160. The average molecular weight is 365 g/mol. The van der Waals surface area contributed by atoms with Crippen LogP contribution >= 0.6 is 0 Å². The van der Waals surface area contributed by atoms with E-state index in [1.807, 2.05) is 0 Å². The highest BCUT2D eigenvalue weighted by atomic mass is 15.3. The van der Waals surface area contributed by atoms with Gasteiger partial charge in [-0.15, -0.1) is 0 Å². The van der Waals surface area contributed by atoms with E-state index in [9.17, 15) is 0 Å². The van der Waals surface area contributed by atoms with E-state index in [1.54, 1.807) is 0 Å². The minimum atomic E-state index is 0.349. The Morgan fingerprint density at radius 1 is 0.769 bits per heavy atom. The van der Waals surface area contributed by atoms with Crippen molar-refractivity contribution in [3.8, 4) is 0 Å². The second-order valence-electron chi connectivity index (χ2n) is 10.3. The summed E-state index contributed by atoms with van der Waals surface area (Å²) in [5, 5.41) is 0. The third-order valence-electron chi connectivity index (χ3n) is 7.23. The molecule has 0 spiro atoms. The summed E-state index contributed by atoms with van der Waals surface area (Å²) in [7, 11) is 0. The normalized spacial score (nSPS) is 27.5. The van der Waals surface area contributed by atoms with Crippen molar-refractivity contribution < 1.29 is 0 Å². The lowest BCUT2D eigenvalue weighted by Gasteiger charge is -2.45. The first-order valence-corrected chi connectivity index (χ1v) is 11.3. The molecule has 3 fully saturated rings. The molecule has 3 saturated heterocycles. The maximum absolute atomic E-state index is 2.80. The third kappa shape index (κ3) is 5.43. The first-order valence-electron chi connectivity index (χ1n) is 11.3. The summed E-state index contributed by atoms with van der Waals surface area (Å²) in [5.74, 6) is 0.925. The van der Waals surface area contributed by atoms with Gasteiger partial charge in [0.1, 0.15) is 0 Å². The van der Waals surface area contributed by atoms with Gasteiger partial charge in [0.25, 0.3) is 0 Å². The van der Waals surface area contributed by atoms with Gasteiger partial charge in [0.2, 0.25) is 0 Å². The molecule has 3 rings (SSSR count). The molecule has 0 aromatic carbocycles. The van der Waals surface area contributed by atoms with Crippen LogP contribution in [0.2, 0.25) is 0 Å². The minimum absolute atomic E-state index is 0.349. The topological polar surface area (TPSA) is 13.0 Å². The van der Waals surface area contributed by atoms with E-state index in [4.69, 9.17) is 0 Å². The Morgan fingerprint density at radius 2 is 1.35 bits per heavy atom. The number of rotatable bonds is 4. The molecule has 0 atom stereocenters. The number of nitrogens with zero attached hydrogens (tertiary/aromatic N) is 4. The zero-order chi connectivity index (χ0) is 18.7. The van der Waals surface area contributed by atoms with Gasteiger partial charge in [-0.1, -0.05) is 0 Å². The van der Waals surface area contributed by atoms with Crippen molar-refractivity contribution in [1.82, 2.24) is 19.6 Å². The van der Waals surface area contributed by atoms with Crippen LogP contribution in [0.15, 0.2) is 0 Å². The van der Waals surface area contributed by atoms with E-state index in [0.29, 0.717) is 5.54 Å². The van der Waals surface area contributed by atoms with Crippen molar-refractivity contribution in [1.29, 1.82) is 0 Å². The lowest BCUT2D eigenvalue weighted by molar-refractivity contribution is 0.0349. The molecule has 3 aliphatic heterocycles. The number of piperazine rings is 1. The second kappa shape index (κ2) is 8.89. The fraction of sp³-hybridized carbons (Fsp3) is 1.00. The van der Waals surface area contributed by atoms with Gasteiger partial charge in [-0.2, -0.15) is 0 Å². The summed E-state index contributed by atoms with van der Waals surface area (Å²) < 4.78 is 0. The van der Waals surface area contributed by atoms with Crippen molar-refractivity contribution in [2.24, 2.45) is 5.92 Å². The van der Waals surface area contributed by atoms with Crippen molar-refractivity contribution in [2.75, 3.05) is 58.9 Å². The molecule has 0 unspecified atom stereocenters. The molecule has 26 heavy (non-hydrogen) atoms. The van der Waals surface area contributed by atoms with E-state index in [1.165, 1.54) is 84.6 Å². The van der Waals surface area contributed by atoms with Crippen LogP contribution in [-0.2, 0) is 0 Å². The number of likely N-dealkylation sites (tertiary alicyclic amines) is 2. The van der Waals surface area contributed by atoms with Crippen LogP contribution < -0.4 is 0 Å². The highest BCUT2D eigenvalue weighted by Gasteiger charge is 2.31. The Labute approximate surface area is 162 Å². The van der Waals surface area contributed by atoms with Gasteiger partial charge in [-0.25, -0.2) is 0 Å². The average Bonchev–Trinajstić information content (AvgIpc) is 2.62. The number of hydrogen-bond acceptors (Lipinski definition) is 4. The van der Waals surface area contributed by atoms with Crippen LogP contribution in [0.5, 0.6) is 0 Å². The smallest absolute Gasteiger partial charge is 0.0125 e. The maximum Gasteiger partial charge on any atom is 0.0125 e. The molecule has 0 amide bonds. The zero-order valence-electron chi connectivity index (χ0n) is 18.2. The van der Waals surface area contributed by atoms with Crippen LogP contribution in [0.1, 0.15) is 60.3 Å². The number of hydrogen-bond donors (Lipinski definition) is 0. The molecular weight excluding hydrogens is 320 g/mol. The maximum atomic E-state index is 2.80. The lowest BCUT2D eigenvalue weighted by atomic mass is 9.92. The largest absolute Gasteiger partial charge is 0.301 e. The monoisotopic (exact) mass is 364 g/mol. The van der Waals surface area contributed by atoms with Gasteiger partial charge < -0.3 is 9.80 Å². The molecule has 152 valence electrons. The van der Waals surface area contributed by atoms with Gasteiger partial charge in [-0.05, 0) is 92.4 Å². The molecule has 0 saturated carbocycles. The van der Waals surface area contributed by atoms with Crippen molar-refractivity contribution in [2.45, 2.75) is 77.9 Å². The molecule has 0 aromatic rings. The summed E-state index contributed by atoms with van der Waals surface area (Å²) in [6.45, 7) is 23.5. The summed E-state index contributed by atoms with van der Waals surface area (Å²) in [4.78, 5) is 10.9. The van der Waals surface area contributed by atoms with Gasteiger partial charge in [0.05, 0.1) is 0 Å². The predicted octanol–water partition coefficient (Wildman–Crippen LogP) is 2.99. The Bertz CT molecular complexity index is 406. The Balaban J connectivity index is 1.35. The molecule has 3 aliphatic rings. The van der Waals surface area contributed by atoms with E-state index < -0.39 is 0 Å². The third-order valence-corrected chi connectivity index (χ3v) is 7.23. The molecule has 0 radical (unpaired) electrons. The molecule has 0 aliphatic carbocycles. The van der Waals surface area contributed by atoms with E-state index in [2.05, 4.69) is 54.2 Å². The molecule has 4 heteroatoms. The molecule has 3 heterocycles. The van der Waals surface area contributed by atoms with Crippen LogP contribution in [0.3, 0.4) is 0 Å². The first-order chi connectivity index (χ1) is 12.3. The summed E-state index contributed by atoms with van der Waals surface area (Å²) in [6.07, 6.45) is 5.54. The molecule has 0 bridgehead atoms. The van der Waals surface area contributed by atoms with Crippen molar-refractivity contribution in [3.63, 3.8) is 0 Å². The SMILES string of the molecule is CC(C)N1CCC(N2CCN(CC3CCN(C(C)(C)C)CC3)CC2)CC1. The van der Waals surface area contributed by atoms with Gasteiger partial charge in [-0.3, -0.25) is 9.80 Å². The fourth-order valence-corrected chi connectivity index (χ4v) is 5.23. The van der Waals surface area contributed by atoms with E-state index in [0.717, 1.165) is 18.0 Å². The van der Waals surface area contributed by atoms with Crippen LogP contribution in [0.4, 0.5) is 0 Å². The molecule has 4 nitrogen and oxygen atoms in total. The van der Waals surface area contributed by atoms with Gasteiger partial charge in [0.15, 0.2) is 0 Å². The minimum Gasteiger partial charge on any atom is -0.301 e. The first kappa shape index (κ1) is 20.6. The Morgan fingerprint density at radius 3 is 1.85 bits per heavy atom. The van der Waals surface area contributed by atoms with Crippen LogP contribution in [-0.4, -0.2) is 96.1 Å². The summed E-state index contributed by atoms with van der Waals surface area (Å²) in [6, 6.07) is 1.57. The Kier molecular flexibility index (Phi) is 7.04. The van der Waals surface area contributed by atoms with Crippen molar-refractivity contribution in [3.05, 3.63) is 0 Å². The van der Waals surface area contributed by atoms with Crippen LogP contribution in [0, 0.1) is 5.92 Å². The van der Waals surface area contributed by atoms with Crippen LogP contribution in [0.25, 0.3) is 0 Å². The van der Waals surface area contributed by atoms with Gasteiger partial charge in [0, 0.05) is 50.3 Å². The number of piperidine rings is 2. The highest BCUT2D eigenvalue weighted by molar-refractivity contribution is 4.86.